The van der Waals surface area contributed by atoms with Crippen molar-refractivity contribution in [1.82, 2.24) is 0 Å². The Morgan fingerprint density at radius 1 is 0.436 bits per heavy atom. The van der Waals surface area contributed by atoms with Gasteiger partial charge in [0.1, 0.15) is 0 Å². The largest absolute Gasteiger partial charge is 0.392 e. The Kier molecular flexibility index (Phi) is 10.7. The highest BCUT2D eigenvalue weighted by Gasteiger charge is 2.17. The summed E-state index contributed by atoms with van der Waals surface area (Å²) >= 11 is 0. The van der Waals surface area contributed by atoms with Gasteiger partial charge in [0.25, 0.3) is 0 Å². The molecular formula is C53H41NO. The van der Waals surface area contributed by atoms with Crippen LogP contribution >= 0.6 is 0 Å². The van der Waals surface area contributed by atoms with E-state index >= 15 is 0 Å². The predicted molar refractivity (Wildman–Crippen MR) is 233 cm³/mol. The summed E-state index contributed by atoms with van der Waals surface area (Å²) in [5, 5.41) is 12.2. The van der Waals surface area contributed by atoms with Gasteiger partial charge in [0, 0.05) is 16.8 Å². The van der Waals surface area contributed by atoms with Crippen LogP contribution in [0.4, 0.5) is 17.1 Å². The van der Waals surface area contributed by atoms with Crippen LogP contribution in [0.15, 0.2) is 218 Å². The van der Waals surface area contributed by atoms with Crippen LogP contribution in [0.2, 0.25) is 0 Å². The van der Waals surface area contributed by atoms with E-state index in [9.17, 15) is 5.11 Å². The van der Waals surface area contributed by atoms with Crippen LogP contribution in [0.25, 0.3) is 34.1 Å². The highest BCUT2D eigenvalue weighted by Crippen LogP contribution is 2.41. The van der Waals surface area contributed by atoms with Gasteiger partial charge in [0.15, 0.2) is 0 Å². The fourth-order valence-corrected chi connectivity index (χ4v) is 7.11. The van der Waals surface area contributed by atoms with E-state index in [0.717, 1.165) is 39.1 Å². The average Bonchev–Trinajstić information content (AvgIpc) is 3.27. The van der Waals surface area contributed by atoms with Gasteiger partial charge in [-0.2, -0.15) is 0 Å². The van der Waals surface area contributed by atoms with E-state index in [4.69, 9.17) is 0 Å². The Labute approximate surface area is 323 Å². The van der Waals surface area contributed by atoms with E-state index < -0.39 is 0 Å². The zero-order valence-corrected chi connectivity index (χ0v) is 30.5. The monoisotopic (exact) mass is 707 g/mol. The molecule has 0 spiro atoms. The Hall–Kier alpha value is -7.00. The number of hydrogen-bond donors (Lipinski definition) is 1. The first-order chi connectivity index (χ1) is 27.2. The van der Waals surface area contributed by atoms with Crippen molar-refractivity contribution >= 4 is 51.1 Å². The molecule has 0 saturated heterocycles. The predicted octanol–water partition coefficient (Wildman–Crippen LogP) is 13.5. The molecule has 1 N–H and O–H groups in total. The highest BCUT2D eigenvalue weighted by molar-refractivity contribution is 6.05. The normalized spacial score (nSPS) is 11.0. The van der Waals surface area contributed by atoms with E-state index in [1.54, 1.807) is 0 Å². The summed E-state index contributed by atoms with van der Waals surface area (Å²) in [5.41, 5.74) is 13.3. The van der Waals surface area contributed by atoms with Crippen molar-refractivity contribution in [3.8, 4) is 0 Å². The molecule has 0 aliphatic heterocycles. The van der Waals surface area contributed by atoms with Gasteiger partial charge in [-0.3, -0.25) is 0 Å². The second-order valence-corrected chi connectivity index (χ2v) is 13.4. The van der Waals surface area contributed by atoms with Crippen LogP contribution < -0.4 is 4.90 Å². The Balaban J connectivity index is 1.19. The van der Waals surface area contributed by atoms with E-state index in [1.165, 1.54) is 38.8 Å². The van der Waals surface area contributed by atoms with Gasteiger partial charge in [-0.05, 0) is 91.9 Å². The molecule has 0 unspecified atom stereocenters. The molecule has 0 saturated carbocycles. The van der Waals surface area contributed by atoms with Crippen molar-refractivity contribution in [1.29, 1.82) is 0 Å². The molecule has 0 heterocycles. The molecule has 8 aromatic rings. The molecule has 0 aliphatic carbocycles. The van der Waals surface area contributed by atoms with E-state index in [-0.39, 0.29) is 6.61 Å². The first-order valence-corrected chi connectivity index (χ1v) is 18.7. The number of benzene rings is 8. The molecule has 0 fully saturated rings. The van der Waals surface area contributed by atoms with Gasteiger partial charge >= 0.3 is 0 Å². The SMILES string of the molecule is OCc1ccc(N(c2ccc(C=CC=C(c3ccccc3)c3ccccc3)cc2)c2ccc(C=C(c3ccccc3)c3ccccc3)c3ccccc23)cc1. The molecule has 2 nitrogen and oxygen atoms in total. The quantitative estimate of drug-likeness (QED) is 0.107. The average molecular weight is 708 g/mol. The van der Waals surface area contributed by atoms with Crippen LogP contribution in [0, 0.1) is 0 Å². The van der Waals surface area contributed by atoms with Crippen LogP contribution in [0.3, 0.4) is 0 Å². The number of anilines is 3. The summed E-state index contributed by atoms with van der Waals surface area (Å²) in [4.78, 5) is 2.31. The fourth-order valence-electron chi connectivity index (χ4n) is 7.11. The summed E-state index contributed by atoms with van der Waals surface area (Å²) < 4.78 is 0. The minimum absolute atomic E-state index is 0.00113. The number of fused-ring (bicyclic) bond motifs is 1. The van der Waals surface area contributed by atoms with Crippen molar-refractivity contribution < 1.29 is 5.11 Å². The van der Waals surface area contributed by atoms with Gasteiger partial charge in [-0.1, -0.05) is 194 Å². The standard InChI is InChI=1S/C53H41NO/c55-39-41-30-35-48(36-31-41)54(47-33-28-40(29-34-47)16-15-27-49(42-17-5-1-6-18-42)43-19-7-2-8-20-43)53-37-32-46(50-25-13-14-26-51(50)53)38-52(44-21-9-3-10-22-44)45-23-11-4-12-24-45/h1-38,55H,39H2. The summed E-state index contributed by atoms with van der Waals surface area (Å²) in [5.74, 6) is 0. The van der Waals surface area contributed by atoms with Gasteiger partial charge in [0.2, 0.25) is 0 Å². The molecular weight excluding hydrogens is 667 g/mol. The lowest BCUT2D eigenvalue weighted by molar-refractivity contribution is 0.282. The number of rotatable bonds is 11. The molecule has 0 amide bonds. The Morgan fingerprint density at radius 3 is 1.40 bits per heavy atom. The highest BCUT2D eigenvalue weighted by atomic mass is 16.3. The van der Waals surface area contributed by atoms with E-state index in [1.807, 2.05) is 12.1 Å². The lowest BCUT2D eigenvalue weighted by atomic mass is 9.93. The minimum Gasteiger partial charge on any atom is -0.392 e. The maximum Gasteiger partial charge on any atom is 0.0681 e. The zero-order valence-electron chi connectivity index (χ0n) is 30.5. The fraction of sp³-hybridized carbons (Fsp3) is 0.0189. The number of aliphatic hydroxyl groups excluding tert-OH is 1. The molecule has 264 valence electrons. The summed E-state index contributed by atoms with van der Waals surface area (Å²) in [6.07, 6.45) is 8.79. The van der Waals surface area contributed by atoms with Gasteiger partial charge < -0.3 is 10.0 Å². The molecule has 0 bridgehead atoms. The topological polar surface area (TPSA) is 23.5 Å². The smallest absolute Gasteiger partial charge is 0.0681 e. The number of allylic oxidation sites excluding steroid dienone is 2. The van der Waals surface area contributed by atoms with Crippen LogP contribution in [-0.2, 0) is 6.61 Å². The summed E-state index contributed by atoms with van der Waals surface area (Å²) in [6, 6.07) is 72.2. The second kappa shape index (κ2) is 16.8. The minimum atomic E-state index is 0.00113. The molecule has 0 atom stereocenters. The zero-order chi connectivity index (χ0) is 37.2. The molecule has 8 aromatic carbocycles. The van der Waals surface area contributed by atoms with E-state index in [0.29, 0.717) is 0 Å². The molecule has 0 aliphatic rings. The van der Waals surface area contributed by atoms with Crippen LogP contribution in [0.1, 0.15) is 38.9 Å². The van der Waals surface area contributed by atoms with Crippen molar-refractivity contribution in [3.63, 3.8) is 0 Å². The van der Waals surface area contributed by atoms with Crippen LogP contribution in [-0.4, -0.2) is 5.11 Å². The van der Waals surface area contributed by atoms with Gasteiger partial charge in [-0.15, -0.1) is 0 Å². The third-order valence-electron chi connectivity index (χ3n) is 9.89. The lowest BCUT2D eigenvalue weighted by Crippen LogP contribution is -2.10. The third kappa shape index (κ3) is 8.01. The van der Waals surface area contributed by atoms with E-state index in [2.05, 4.69) is 223 Å². The Bertz CT molecular complexity index is 2490. The van der Waals surface area contributed by atoms with Crippen molar-refractivity contribution in [2.75, 3.05) is 4.90 Å². The summed E-state index contributed by atoms with van der Waals surface area (Å²) in [6.45, 7) is 0.00113. The molecule has 55 heavy (non-hydrogen) atoms. The van der Waals surface area contributed by atoms with Crippen molar-refractivity contribution in [3.05, 3.63) is 257 Å². The van der Waals surface area contributed by atoms with Gasteiger partial charge in [-0.25, -0.2) is 0 Å². The number of aliphatic hydroxyl groups is 1. The first kappa shape index (κ1) is 35.1. The maximum atomic E-state index is 9.85. The maximum absolute atomic E-state index is 9.85. The lowest BCUT2D eigenvalue weighted by Gasteiger charge is -2.27. The molecule has 0 radical (unpaired) electrons. The van der Waals surface area contributed by atoms with Crippen molar-refractivity contribution in [2.45, 2.75) is 6.61 Å². The molecule has 8 rings (SSSR count). The number of nitrogens with zero attached hydrogens (tertiary/aromatic N) is 1. The molecule has 0 aromatic heterocycles. The number of hydrogen-bond acceptors (Lipinski definition) is 2. The Morgan fingerprint density at radius 2 is 0.891 bits per heavy atom. The third-order valence-corrected chi connectivity index (χ3v) is 9.89. The summed E-state index contributed by atoms with van der Waals surface area (Å²) in [7, 11) is 0. The second-order valence-electron chi connectivity index (χ2n) is 13.4. The molecule has 2 heteroatoms. The van der Waals surface area contributed by atoms with Crippen molar-refractivity contribution in [2.24, 2.45) is 0 Å². The first-order valence-electron chi connectivity index (χ1n) is 18.7. The van der Waals surface area contributed by atoms with Gasteiger partial charge in [0.05, 0.1) is 12.3 Å². The van der Waals surface area contributed by atoms with Crippen LogP contribution in [0.5, 0.6) is 0 Å².